The fourth-order valence-electron chi connectivity index (χ4n) is 2.28. The Morgan fingerprint density at radius 2 is 2.17 bits per heavy atom. The number of hydrogen-bond acceptors (Lipinski definition) is 7. The van der Waals surface area contributed by atoms with Crippen LogP contribution in [0.25, 0.3) is 0 Å². The normalized spacial score (nSPS) is 12.0. The van der Waals surface area contributed by atoms with Crippen molar-refractivity contribution >= 4 is 11.8 Å². The van der Waals surface area contributed by atoms with Crippen LogP contribution in [0.2, 0.25) is 0 Å². The Bertz CT molecular complexity index is 609. The number of rotatable bonds is 8. The van der Waals surface area contributed by atoms with E-state index in [-0.39, 0.29) is 18.6 Å². The number of ether oxygens (including phenoxy) is 1. The Balaban J connectivity index is 2.19. The van der Waals surface area contributed by atoms with E-state index in [0.717, 1.165) is 18.5 Å². The van der Waals surface area contributed by atoms with Gasteiger partial charge in [0.25, 0.3) is 0 Å². The maximum atomic E-state index is 9.59. The molecule has 1 atom stereocenters. The second-order valence-corrected chi connectivity index (χ2v) is 5.26. The maximum absolute atomic E-state index is 9.59. The fourth-order valence-corrected chi connectivity index (χ4v) is 2.28. The van der Waals surface area contributed by atoms with Crippen LogP contribution in [-0.4, -0.2) is 39.8 Å². The molecule has 0 saturated heterocycles. The van der Waals surface area contributed by atoms with E-state index in [1.807, 2.05) is 30.1 Å². The zero-order valence-electron chi connectivity index (χ0n) is 13.5. The van der Waals surface area contributed by atoms with Gasteiger partial charge in [-0.2, -0.15) is 4.98 Å². The van der Waals surface area contributed by atoms with Crippen LogP contribution in [0.4, 0.5) is 11.8 Å². The number of pyridine rings is 1. The van der Waals surface area contributed by atoms with Gasteiger partial charge in [-0.25, -0.2) is 4.98 Å². The Kier molecular flexibility index (Phi) is 6.10. The number of nitrogens with two attached hydrogens (primary N) is 1. The Morgan fingerprint density at radius 3 is 2.83 bits per heavy atom. The highest BCUT2D eigenvalue weighted by atomic mass is 16.5. The van der Waals surface area contributed by atoms with E-state index < -0.39 is 0 Å². The van der Waals surface area contributed by atoms with Crippen LogP contribution in [0, 0.1) is 0 Å². The van der Waals surface area contributed by atoms with Crippen LogP contribution in [0.15, 0.2) is 30.6 Å². The molecule has 0 aliphatic rings. The van der Waals surface area contributed by atoms with E-state index in [2.05, 4.69) is 21.9 Å². The Hall–Kier alpha value is -2.41. The lowest BCUT2D eigenvalue weighted by Crippen LogP contribution is -2.35. The Morgan fingerprint density at radius 1 is 1.35 bits per heavy atom. The molecule has 0 aliphatic carbocycles. The largest absolute Gasteiger partial charge is 0.482 e. The van der Waals surface area contributed by atoms with Gasteiger partial charge < -0.3 is 20.5 Å². The van der Waals surface area contributed by atoms with Crippen LogP contribution in [0.3, 0.4) is 0 Å². The van der Waals surface area contributed by atoms with Gasteiger partial charge >= 0.3 is 0 Å². The summed E-state index contributed by atoms with van der Waals surface area (Å²) in [5, 5.41) is 9.59. The summed E-state index contributed by atoms with van der Waals surface area (Å²) in [6.45, 7) is 2.42. The summed E-state index contributed by atoms with van der Waals surface area (Å²) >= 11 is 0. The van der Waals surface area contributed by atoms with Gasteiger partial charge in [0.05, 0.1) is 24.5 Å². The highest BCUT2D eigenvalue weighted by molar-refractivity contribution is 5.53. The number of anilines is 2. The van der Waals surface area contributed by atoms with Crippen molar-refractivity contribution in [1.29, 1.82) is 0 Å². The molecule has 0 fully saturated rings. The van der Waals surface area contributed by atoms with Crippen molar-refractivity contribution in [3.63, 3.8) is 0 Å². The van der Waals surface area contributed by atoms with Crippen LogP contribution < -0.4 is 15.4 Å². The molecule has 2 aromatic heterocycles. The summed E-state index contributed by atoms with van der Waals surface area (Å²) in [7, 11) is 1.87. The molecule has 0 aromatic carbocycles. The lowest BCUT2D eigenvalue weighted by atomic mass is 10.1. The summed E-state index contributed by atoms with van der Waals surface area (Å²) in [5.74, 6) is 1.26. The summed E-state index contributed by atoms with van der Waals surface area (Å²) in [6, 6.07) is 5.59. The van der Waals surface area contributed by atoms with E-state index in [1.165, 1.54) is 0 Å². The molecule has 0 spiro atoms. The molecule has 0 radical (unpaired) electrons. The summed E-state index contributed by atoms with van der Waals surface area (Å²) < 4.78 is 5.81. The van der Waals surface area contributed by atoms with Gasteiger partial charge in [-0.3, -0.25) is 4.98 Å². The zero-order valence-corrected chi connectivity index (χ0v) is 13.5. The lowest BCUT2D eigenvalue weighted by Gasteiger charge is -2.28. The van der Waals surface area contributed by atoms with Crippen molar-refractivity contribution in [2.45, 2.75) is 32.4 Å². The molecular formula is C16H23N5O2. The molecule has 2 rings (SSSR count). The number of aliphatic hydroxyl groups excluding tert-OH is 1. The van der Waals surface area contributed by atoms with Gasteiger partial charge in [-0.1, -0.05) is 19.4 Å². The molecule has 7 heteroatoms. The van der Waals surface area contributed by atoms with Crippen molar-refractivity contribution in [1.82, 2.24) is 15.0 Å². The highest BCUT2D eigenvalue weighted by Crippen LogP contribution is 2.28. The van der Waals surface area contributed by atoms with Crippen LogP contribution in [0.5, 0.6) is 5.75 Å². The van der Waals surface area contributed by atoms with Crippen LogP contribution in [0.1, 0.15) is 25.5 Å². The second kappa shape index (κ2) is 8.28. The van der Waals surface area contributed by atoms with E-state index in [1.54, 1.807) is 12.4 Å². The predicted molar refractivity (Wildman–Crippen MR) is 89.2 cm³/mol. The predicted octanol–water partition coefficient (Wildman–Crippen LogP) is 1.63. The summed E-state index contributed by atoms with van der Waals surface area (Å²) in [5.41, 5.74) is 6.52. The average Bonchev–Trinajstić information content (AvgIpc) is 2.59. The topological polar surface area (TPSA) is 97.4 Å². The minimum absolute atomic E-state index is 0.0356. The molecule has 7 nitrogen and oxygen atoms in total. The van der Waals surface area contributed by atoms with Crippen LogP contribution in [-0.2, 0) is 6.61 Å². The van der Waals surface area contributed by atoms with Gasteiger partial charge in [-0.15, -0.1) is 0 Å². The first kappa shape index (κ1) is 17.0. The van der Waals surface area contributed by atoms with E-state index in [0.29, 0.717) is 18.2 Å². The van der Waals surface area contributed by atoms with Gasteiger partial charge in [0.2, 0.25) is 5.95 Å². The molecule has 0 aliphatic heterocycles. The quantitative estimate of drug-likeness (QED) is 0.763. The van der Waals surface area contributed by atoms with E-state index in [4.69, 9.17) is 10.5 Å². The van der Waals surface area contributed by atoms with E-state index >= 15 is 0 Å². The Labute approximate surface area is 136 Å². The minimum atomic E-state index is -0.0495. The molecule has 2 heterocycles. The fraction of sp³-hybridized carbons (Fsp3) is 0.438. The first-order chi connectivity index (χ1) is 11.2. The van der Waals surface area contributed by atoms with Crippen molar-refractivity contribution in [3.8, 4) is 5.75 Å². The average molecular weight is 317 g/mol. The molecule has 0 saturated carbocycles. The van der Waals surface area contributed by atoms with Gasteiger partial charge in [0.1, 0.15) is 6.61 Å². The van der Waals surface area contributed by atoms with Gasteiger partial charge in [0, 0.05) is 13.2 Å². The highest BCUT2D eigenvalue weighted by Gasteiger charge is 2.19. The number of likely N-dealkylation sites (N-methyl/N-ethyl adjacent to an activating group) is 1. The first-order valence-corrected chi connectivity index (χ1v) is 7.64. The molecular weight excluding hydrogens is 294 g/mol. The standard InChI is InChI=1S/C16H23N5O2/c1-3-6-13(10-22)21(2)15-14(9-19-16(17)20-15)23-11-12-7-4-5-8-18-12/h4-5,7-9,13,22H,3,6,10-11H2,1-2H3,(H2,17,19,20). The molecule has 2 aromatic rings. The maximum Gasteiger partial charge on any atom is 0.222 e. The third-order valence-electron chi connectivity index (χ3n) is 3.57. The van der Waals surface area contributed by atoms with E-state index in [9.17, 15) is 5.11 Å². The monoisotopic (exact) mass is 317 g/mol. The van der Waals surface area contributed by atoms with Crippen molar-refractivity contribution in [2.24, 2.45) is 0 Å². The SMILES string of the molecule is CCCC(CO)N(C)c1nc(N)ncc1OCc1ccccn1. The first-order valence-electron chi connectivity index (χ1n) is 7.64. The minimum Gasteiger partial charge on any atom is -0.482 e. The van der Waals surface area contributed by atoms with Crippen LogP contribution >= 0.6 is 0 Å². The lowest BCUT2D eigenvalue weighted by molar-refractivity contribution is 0.252. The molecule has 3 N–H and O–H groups in total. The number of nitrogens with zero attached hydrogens (tertiary/aromatic N) is 4. The summed E-state index contributed by atoms with van der Waals surface area (Å²) in [6.07, 6.45) is 5.07. The third-order valence-corrected chi connectivity index (χ3v) is 3.57. The van der Waals surface area contributed by atoms with Crippen molar-refractivity contribution in [3.05, 3.63) is 36.3 Å². The molecule has 23 heavy (non-hydrogen) atoms. The third kappa shape index (κ3) is 4.53. The molecule has 0 amide bonds. The number of hydrogen-bond donors (Lipinski definition) is 2. The van der Waals surface area contributed by atoms with Gasteiger partial charge in [0.15, 0.2) is 11.6 Å². The molecule has 124 valence electrons. The molecule has 1 unspecified atom stereocenters. The summed E-state index contributed by atoms with van der Waals surface area (Å²) in [4.78, 5) is 14.4. The number of nitrogen functional groups attached to an aromatic ring is 1. The van der Waals surface area contributed by atoms with Crippen molar-refractivity contribution in [2.75, 3.05) is 24.3 Å². The number of aliphatic hydroxyl groups is 1. The molecule has 0 bridgehead atoms. The second-order valence-electron chi connectivity index (χ2n) is 5.26. The smallest absolute Gasteiger partial charge is 0.222 e. The van der Waals surface area contributed by atoms with Crippen molar-refractivity contribution < 1.29 is 9.84 Å². The zero-order chi connectivity index (χ0) is 16.7. The number of aromatic nitrogens is 3. The van der Waals surface area contributed by atoms with Gasteiger partial charge in [-0.05, 0) is 18.6 Å².